The van der Waals surface area contributed by atoms with Crippen LogP contribution in [0.4, 0.5) is 0 Å². The molecule has 0 unspecified atom stereocenters. The molecule has 2 aromatic carbocycles. The van der Waals surface area contributed by atoms with Crippen LogP contribution in [0.5, 0.6) is 11.5 Å². The Balaban J connectivity index is 1.40. The Bertz CT molecular complexity index is 1160. The second-order valence-electron chi connectivity index (χ2n) is 8.01. The summed E-state index contributed by atoms with van der Waals surface area (Å²) in [5.41, 5.74) is 3.01. The van der Waals surface area contributed by atoms with Gasteiger partial charge in [0.05, 0.1) is 17.7 Å². The monoisotopic (exact) mass is 419 g/mol. The van der Waals surface area contributed by atoms with E-state index in [1.54, 1.807) is 18.2 Å². The van der Waals surface area contributed by atoms with Crippen LogP contribution in [0.15, 0.2) is 48.4 Å². The molecule has 0 aliphatic carbocycles. The fourth-order valence-corrected chi connectivity index (χ4v) is 4.34. The summed E-state index contributed by atoms with van der Waals surface area (Å²) >= 11 is 0. The van der Waals surface area contributed by atoms with E-state index >= 15 is 0 Å². The highest BCUT2D eigenvalue weighted by molar-refractivity contribution is 6.15. The summed E-state index contributed by atoms with van der Waals surface area (Å²) in [4.78, 5) is 20.7. The number of para-hydroxylation sites is 1. The molecule has 3 aromatic rings. The van der Waals surface area contributed by atoms with E-state index in [0.717, 1.165) is 42.6 Å². The first-order valence-electron chi connectivity index (χ1n) is 10.5. The number of aromatic nitrogens is 1. The number of H-pyrrole nitrogens is 1. The summed E-state index contributed by atoms with van der Waals surface area (Å²) < 4.78 is 6.02. The molecule has 7 heteroatoms. The van der Waals surface area contributed by atoms with Gasteiger partial charge in [0, 0.05) is 61.9 Å². The predicted octanol–water partition coefficient (Wildman–Crippen LogP) is 2.60. The van der Waals surface area contributed by atoms with E-state index in [0.29, 0.717) is 30.0 Å². The van der Waals surface area contributed by atoms with Crippen LogP contribution in [-0.4, -0.2) is 70.1 Å². The van der Waals surface area contributed by atoms with Crippen molar-refractivity contribution in [3.63, 3.8) is 0 Å². The smallest absolute Gasteiger partial charge is 0.231 e. The molecule has 0 bridgehead atoms. The zero-order chi connectivity index (χ0) is 21.4. The Morgan fingerprint density at radius 2 is 1.84 bits per heavy atom. The van der Waals surface area contributed by atoms with Gasteiger partial charge in [-0.2, -0.15) is 0 Å². The van der Waals surface area contributed by atoms with Crippen LogP contribution in [0.2, 0.25) is 0 Å². The van der Waals surface area contributed by atoms with Crippen LogP contribution < -0.4 is 4.74 Å². The van der Waals surface area contributed by atoms with Crippen molar-refractivity contribution >= 4 is 22.8 Å². The highest BCUT2D eigenvalue weighted by Gasteiger charge is 2.32. The maximum Gasteiger partial charge on any atom is 0.231 e. The molecule has 7 nitrogen and oxygen atoms in total. The van der Waals surface area contributed by atoms with Gasteiger partial charge >= 0.3 is 0 Å². The molecule has 0 radical (unpaired) electrons. The van der Waals surface area contributed by atoms with Gasteiger partial charge in [-0.1, -0.05) is 18.2 Å². The molecule has 1 saturated heterocycles. The maximum absolute atomic E-state index is 13.0. The van der Waals surface area contributed by atoms with Crippen molar-refractivity contribution in [2.45, 2.75) is 6.54 Å². The molecule has 2 aliphatic rings. The van der Waals surface area contributed by atoms with Gasteiger partial charge in [-0.05, 0) is 24.3 Å². The van der Waals surface area contributed by atoms with E-state index in [2.05, 4.69) is 14.8 Å². The van der Waals surface area contributed by atoms with Crippen LogP contribution in [0.1, 0.15) is 21.5 Å². The molecule has 5 rings (SSSR count). The summed E-state index contributed by atoms with van der Waals surface area (Å²) in [6, 6.07) is 11.1. The summed E-state index contributed by atoms with van der Waals surface area (Å²) in [5, 5.41) is 20.7. The lowest BCUT2D eigenvalue weighted by Crippen LogP contribution is -2.46. The highest BCUT2D eigenvalue weighted by atomic mass is 16.5. The number of fused-ring (bicyclic) bond motifs is 2. The van der Waals surface area contributed by atoms with Crippen LogP contribution in [0, 0.1) is 0 Å². The molecule has 0 atom stereocenters. The number of aliphatic hydroxyl groups is 1. The second kappa shape index (κ2) is 8.19. The zero-order valence-electron chi connectivity index (χ0n) is 17.2. The number of phenolic OH excluding ortho intramolecular Hbond substituents is 1. The normalized spacial score (nSPS) is 18.6. The average molecular weight is 419 g/mol. The number of aromatic amines is 1. The quantitative estimate of drug-likeness (QED) is 0.551. The third kappa shape index (κ3) is 3.72. The molecule has 0 amide bonds. The molecule has 0 spiro atoms. The third-order valence-corrected chi connectivity index (χ3v) is 6.09. The standard InChI is InChI=1S/C24H25N3O4/c28-12-11-26-7-9-27(10-8-26)15-19-21(29)6-5-18-23(30)22(31-24(18)19)13-16-14-25-20-4-2-1-3-17(16)20/h1-6,13-14,25,28-29H,7-12,15H2/b22-13-. The minimum absolute atomic E-state index is 0.137. The Labute approximate surface area is 180 Å². The lowest BCUT2D eigenvalue weighted by atomic mass is 10.0. The first-order valence-corrected chi connectivity index (χ1v) is 10.5. The number of nitrogens with one attached hydrogen (secondary N) is 1. The average Bonchev–Trinajstić information content (AvgIpc) is 3.33. The Hall–Kier alpha value is -3.13. The Morgan fingerprint density at radius 1 is 1.06 bits per heavy atom. The molecule has 2 aliphatic heterocycles. The van der Waals surface area contributed by atoms with Crippen LogP contribution >= 0.6 is 0 Å². The molecule has 160 valence electrons. The van der Waals surface area contributed by atoms with Gasteiger partial charge in [0.25, 0.3) is 0 Å². The summed E-state index contributed by atoms with van der Waals surface area (Å²) in [6.45, 7) is 4.73. The number of rotatable bonds is 5. The molecule has 1 aromatic heterocycles. The van der Waals surface area contributed by atoms with Crippen molar-refractivity contribution < 1.29 is 19.7 Å². The number of benzene rings is 2. The fourth-order valence-electron chi connectivity index (χ4n) is 4.34. The molecule has 3 heterocycles. The number of ketones is 1. The van der Waals surface area contributed by atoms with Gasteiger partial charge in [0.2, 0.25) is 5.78 Å². The van der Waals surface area contributed by atoms with Crippen molar-refractivity contribution in [2.75, 3.05) is 39.3 Å². The topological polar surface area (TPSA) is 89.0 Å². The molecule has 3 N–H and O–H groups in total. The molecule has 1 fully saturated rings. The molecule has 0 saturated carbocycles. The highest BCUT2D eigenvalue weighted by Crippen LogP contribution is 2.40. The van der Waals surface area contributed by atoms with Crippen molar-refractivity contribution in [1.29, 1.82) is 0 Å². The Morgan fingerprint density at radius 3 is 2.65 bits per heavy atom. The van der Waals surface area contributed by atoms with E-state index < -0.39 is 0 Å². The SMILES string of the molecule is O=C1/C(=C/c2c[nH]c3ccccc23)Oc2c1ccc(O)c2CN1CCN(CCO)CC1. The van der Waals surface area contributed by atoms with Gasteiger partial charge in [-0.25, -0.2) is 0 Å². The number of hydrogen-bond donors (Lipinski definition) is 3. The van der Waals surface area contributed by atoms with Gasteiger partial charge in [0.15, 0.2) is 5.76 Å². The van der Waals surface area contributed by atoms with Gasteiger partial charge in [-0.3, -0.25) is 14.6 Å². The number of aromatic hydroxyl groups is 1. The number of hydrogen-bond acceptors (Lipinski definition) is 6. The number of β-amino-alcohol motifs (C(OH)–C–C–N with tert-alkyl or cyclic N) is 1. The predicted molar refractivity (Wildman–Crippen MR) is 118 cm³/mol. The number of nitrogens with zero attached hydrogens (tertiary/aromatic N) is 2. The van der Waals surface area contributed by atoms with Gasteiger partial charge in [0.1, 0.15) is 11.5 Å². The largest absolute Gasteiger partial charge is 0.507 e. The number of carbonyl (C=O) groups is 1. The summed E-state index contributed by atoms with van der Waals surface area (Å²) in [6.07, 6.45) is 3.62. The number of carbonyl (C=O) groups excluding carboxylic acids is 1. The number of aliphatic hydroxyl groups excluding tert-OH is 1. The first kappa shape index (κ1) is 19.8. The van der Waals surface area contributed by atoms with Crippen molar-refractivity contribution in [1.82, 2.24) is 14.8 Å². The second-order valence-corrected chi connectivity index (χ2v) is 8.01. The summed E-state index contributed by atoms with van der Waals surface area (Å²) in [7, 11) is 0. The van der Waals surface area contributed by atoms with Gasteiger partial charge in [-0.15, -0.1) is 0 Å². The van der Waals surface area contributed by atoms with Crippen molar-refractivity contribution in [2.24, 2.45) is 0 Å². The summed E-state index contributed by atoms with van der Waals surface area (Å²) in [5.74, 6) is 0.681. The fraction of sp³-hybridized carbons (Fsp3) is 0.292. The first-order chi connectivity index (χ1) is 15.1. The number of piperazine rings is 1. The zero-order valence-corrected chi connectivity index (χ0v) is 17.2. The van der Waals surface area contributed by atoms with Crippen molar-refractivity contribution in [3.05, 3.63) is 65.0 Å². The van der Waals surface area contributed by atoms with Crippen LogP contribution in [-0.2, 0) is 6.54 Å². The van der Waals surface area contributed by atoms with E-state index in [1.165, 1.54) is 0 Å². The lowest BCUT2D eigenvalue weighted by molar-refractivity contribution is 0.101. The number of ether oxygens (including phenoxy) is 1. The maximum atomic E-state index is 13.0. The minimum Gasteiger partial charge on any atom is -0.507 e. The third-order valence-electron chi connectivity index (χ3n) is 6.09. The van der Waals surface area contributed by atoms with E-state index in [-0.39, 0.29) is 23.9 Å². The van der Waals surface area contributed by atoms with Gasteiger partial charge < -0.3 is 19.9 Å². The minimum atomic E-state index is -0.172. The van der Waals surface area contributed by atoms with E-state index in [9.17, 15) is 9.90 Å². The van der Waals surface area contributed by atoms with Crippen LogP contribution in [0.3, 0.4) is 0 Å². The number of Topliss-reactive ketones (excluding diaryl/α,β-unsaturated/α-hetero) is 1. The van der Waals surface area contributed by atoms with Crippen molar-refractivity contribution in [3.8, 4) is 11.5 Å². The van der Waals surface area contributed by atoms with Crippen LogP contribution in [0.25, 0.3) is 17.0 Å². The molecular weight excluding hydrogens is 394 g/mol. The lowest BCUT2D eigenvalue weighted by Gasteiger charge is -2.34. The van der Waals surface area contributed by atoms with E-state index in [1.807, 2.05) is 30.5 Å². The molecule has 31 heavy (non-hydrogen) atoms. The molecular formula is C24H25N3O4. The number of allylic oxidation sites excluding steroid dienone is 1. The van der Waals surface area contributed by atoms with E-state index in [4.69, 9.17) is 9.84 Å². The number of phenols is 1. The Kier molecular flexibility index (Phi) is 5.23.